The van der Waals surface area contributed by atoms with E-state index in [1.54, 1.807) is 6.92 Å². The number of carbonyl (C=O) groups excluding carboxylic acids is 2. The molecule has 0 unspecified atom stereocenters. The topological polar surface area (TPSA) is 99.2 Å². The molecule has 0 radical (unpaired) electrons. The van der Waals surface area contributed by atoms with Gasteiger partial charge < -0.3 is 19.1 Å². The van der Waals surface area contributed by atoms with Crippen LogP contribution in [0.2, 0.25) is 0 Å². The summed E-state index contributed by atoms with van der Waals surface area (Å²) < 4.78 is 38.6. The Morgan fingerprint density at radius 3 is 2.50 bits per heavy atom. The lowest BCUT2D eigenvalue weighted by Gasteiger charge is -2.26. The van der Waals surface area contributed by atoms with Crippen molar-refractivity contribution in [2.45, 2.75) is 19.4 Å². The van der Waals surface area contributed by atoms with Crippen LogP contribution in [0.25, 0.3) is 0 Å². The van der Waals surface area contributed by atoms with Crippen LogP contribution >= 0.6 is 0 Å². The highest BCUT2D eigenvalue weighted by atomic mass is 32.2. The number of benzene rings is 1. The molecule has 1 aliphatic rings. The first-order chi connectivity index (χ1) is 12.3. The number of carbonyl (C=O) groups is 2. The third kappa shape index (κ3) is 4.66. The first kappa shape index (κ1) is 20.0. The molecule has 9 heteroatoms. The highest BCUT2D eigenvalue weighted by molar-refractivity contribution is 7.91. The van der Waals surface area contributed by atoms with Crippen LogP contribution in [0.1, 0.15) is 23.7 Å². The number of likely N-dealkylation sites (N-methyl/N-ethyl adjacent to an activating group) is 1. The second kappa shape index (κ2) is 8.39. The minimum Gasteiger partial charge on any atom is -0.493 e. The molecule has 0 aromatic heterocycles. The van der Waals surface area contributed by atoms with Crippen LogP contribution < -0.4 is 9.47 Å². The van der Waals surface area contributed by atoms with Crippen molar-refractivity contribution in [1.82, 2.24) is 4.90 Å². The molecule has 8 nitrogen and oxygen atoms in total. The van der Waals surface area contributed by atoms with Gasteiger partial charge in [0.25, 0.3) is 5.91 Å². The lowest BCUT2D eigenvalue weighted by atomic mass is 10.2. The molecule has 26 heavy (non-hydrogen) atoms. The number of ether oxygens (including phenoxy) is 3. The molecular formula is C17H23NO7S. The van der Waals surface area contributed by atoms with Crippen LogP contribution in [0.5, 0.6) is 11.5 Å². The summed E-state index contributed by atoms with van der Waals surface area (Å²) in [6.07, 6.45) is 0.444. The van der Waals surface area contributed by atoms with Crippen molar-refractivity contribution >= 4 is 21.7 Å². The summed E-state index contributed by atoms with van der Waals surface area (Å²) in [5, 5.41) is 0. The predicted molar refractivity (Wildman–Crippen MR) is 94.3 cm³/mol. The molecule has 1 aliphatic heterocycles. The van der Waals surface area contributed by atoms with Gasteiger partial charge >= 0.3 is 5.97 Å². The second-order valence-corrected chi connectivity index (χ2v) is 8.11. The van der Waals surface area contributed by atoms with Crippen LogP contribution in [-0.4, -0.2) is 70.1 Å². The molecule has 1 saturated heterocycles. The molecule has 144 valence electrons. The summed E-state index contributed by atoms with van der Waals surface area (Å²) in [4.78, 5) is 25.5. The highest BCUT2D eigenvalue weighted by Crippen LogP contribution is 2.28. The maximum atomic E-state index is 12.5. The minimum atomic E-state index is -3.08. The second-order valence-electron chi connectivity index (χ2n) is 5.88. The molecule has 0 aliphatic carbocycles. The van der Waals surface area contributed by atoms with Crippen molar-refractivity contribution in [2.75, 3.05) is 38.9 Å². The van der Waals surface area contributed by atoms with Gasteiger partial charge in [-0.15, -0.1) is 0 Å². The molecule has 0 spiro atoms. The minimum absolute atomic E-state index is 0.0102. The number of rotatable bonds is 7. The first-order valence-corrected chi connectivity index (χ1v) is 10.0. The van der Waals surface area contributed by atoms with E-state index in [-0.39, 0.29) is 30.1 Å². The van der Waals surface area contributed by atoms with E-state index in [1.807, 2.05) is 0 Å². The molecule has 0 bridgehead atoms. The molecule has 1 aromatic rings. The van der Waals surface area contributed by atoms with Gasteiger partial charge in [-0.25, -0.2) is 13.2 Å². The Bertz CT molecular complexity index is 775. The third-order valence-electron chi connectivity index (χ3n) is 4.25. The molecule has 1 aromatic carbocycles. The Balaban J connectivity index is 2.05. The van der Waals surface area contributed by atoms with Crippen molar-refractivity contribution in [2.24, 2.45) is 0 Å². The molecular weight excluding hydrogens is 362 g/mol. The molecule has 1 fully saturated rings. The quantitative estimate of drug-likeness (QED) is 0.643. The molecule has 0 N–H and O–H groups in total. The van der Waals surface area contributed by atoms with E-state index in [9.17, 15) is 18.0 Å². The Kier molecular flexibility index (Phi) is 6.47. The van der Waals surface area contributed by atoms with E-state index in [1.165, 1.54) is 37.3 Å². The summed E-state index contributed by atoms with van der Waals surface area (Å²) in [6, 6.07) is 4.18. The van der Waals surface area contributed by atoms with Crippen LogP contribution in [0.3, 0.4) is 0 Å². The molecule has 0 saturated carbocycles. The van der Waals surface area contributed by atoms with E-state index in [4.69, 9.17) is 9.47 Å². The number of sulfone groups is 1. The fraction of sp³-hybridized carbons (Fsp3) is 0.529. The fourth-order valence-corrected chi connectivity index (χ4v) is 4.64. The zero-order valence-electron chi connectivity index (χ0n) is 15.1. The average Bonchev–Trinajstić information content (AvgIpc) is 2.99. The van der Waals surface area contributed by atoms with E-state index in [2.05, 4.69) is 4.74 Å². The smallest absolute Gasteiger partial charge is 0.337 e. The lowest BCUT2D eigenvalue weighted by Crippen LogP contribution is -2.43. The van der Waals surface area contributed by atoms with Gasteiger partial charge in [0.05, 0.1) is 31.3 Å². The summed E-state index contributed by atoms with van der Waals surface area (Å²) in [6.45, 7) is 1.95. The van der Waals surface area contributed by atoms with Crippen molar-refractivity contribution < 1.29 is 32.2 Å². The summed E-state index contributed by atoms with van der Waals surface area (Å²) >= 11 is 0. The third-order valence-corrected chi connectivity index (χ3v) is 6.00. The van der Waals surface area contributed by atoms with E-state index in [0.717, 1.165) is 0 Å². The number of hydrogen-bond donors (Lipinski definition) is 0. The zero-order chi connectivity index (χ0) is 19.3. The molecule has 1 atom stereocenters. The molecule has 2 rings (SSSR count). The SMILES string of the molecule is CCN(C(=O)COc1ccc(C(=O)OC)cc1OC)[C@@H]1CCS(=O)(=O)C1. The molecule has 1 heterocycles. The number of amides is 1. The van der Waals surface area contributed by atoms with E-state index in [0.29, 0.717) is 30.0 Å². The maximum Gasteiger partial charge on any atom is 0.337 e. The number of esters is 1. The average molecular weight is 385 g/mol. The highest BCUT2D eigenvalue weighted by Gasteiger charge is 2.34. The maximum absolute atomic E-state index is 12.5. The standard InChI is InChI=1S/C17H23NO7S/c1-4-18(13-7-8-26(21,22)11-13)16(19)10-25-14-6-5-12(17(20)24-3)9-15(14)23-2/h5-6,9,13H,4,7-8,10-11H2,1-3H3/t13-/m1/s1. The first-order valence-electron chi connectivity index (χ1n) is 8.20. The lowest BCUT2D eigenvalue weighted by molar-refractivity contribution is -0.135. The van der Waals surface area contributed by atoms with Gasteiger partial charge in [-0.2, -0.15) is 0 Å². The largest absolute Gasteiger partial charge is 0.493 e. The van der Waals surface area contributed by atoms with Crippen molar-refractivity contribution in [3.63, 3.8) is 0 Å². The number of methoxy groups -OCH3 is 2. The predicted octanol–water partition coefficient (Wildman–Crippen LogP) is 0.896. The van der Waals surface area contributed by atoms with Gasteiger partial charge in [-0.3, -0.25) is 4.79 Å². The van der Waals surface area contributed by atoms with Gasteiger partial charge in [-0.1, -0.05) is 0 Å². The fourth-order valence-electron chi connectivity index (χ4n) is 2.91. The van der Waals surface area contributed by atoms with Crippen molar-refractivity contribution in [1.29, 1.82) is 0 Å². The van der Waals surface area contributed by atoms with Crippen LogP contribution in [-0.2, 0) is 19.4 Å². The van der Waals surface area contributed by atoms with Crippen LogP contribution in [0, 0.1) is 0 Å². The normalized spacial score (nSPS) is 18.2. The van der Waals surface area contributed by atoms with Gasteiger partial charge in [0.15, 0.2) is 27.9 Å². The van der Waals surface area contributed by atoms with E-state index < -0.39 is 15.8 Å². The number of hydrogen-bond acceptors (Lipinski definition) is 7. The Labute approximate surface area is 152 Å². The summed E-state index contributed by atoms with van der Waals surface area (Å²) in [7, 11) is -0.374. The number of nitrogens with zero attached hydrogens (tertiary/aromatic N) is 1. The van der Waals surface area contributed by atoms with E-state index >= 15 is 0 Å². The van der Waals surface area contributed by atoms with Gasteiger partial charge in [0, 0.05) is 12.6 Å². The molecule has 1 amide bonds. The Morgan fingerprint density at radius 1 is 1.23 bits per heavy atom. The van der Waals surface area contributed by atoms with Crippen LogP contribution in [0.15, 0.2) is 18.2 Å². The van der Waals surface area contributed by atoms with Gasteiger partial charge in [-0.05, 0) is 31.5 Å². The summed E-state index contributed by atoms with van der Waals surface area (Å²) in [5.74, 6) is -0.107. The zero-order valence-corrected chi connectivity index (χ0v) is 15.9. The summed E-state index contributed by atoms with van der Waals surface area (Å²) in [5.41, 5.74) is 0.300. The monoisotopic (exact) mass is 385 g/mol. The van der Waals surface area contributed by atoms with Gasteiger partial charge in [0.1, 0.15) is 0 Å². The van der Waals surface area contributed by atoms with Gasteiger partial charge in [0.2, 0.25) is 0 Å². The van der Waals surface area contributed by atoms with Crippen molar-refractivity contribution in [3.05, 3.63) is 23.8 Å². The van der Waals surface area contributed by atoms with Crippen molar-refractivity contribution in [3.8, 4) is 11.5 Å². The Morgan fingerprint density at radius 2 is 1.96 bits per heavy atom. The van der Waals surface area contributed by atoms with Crippen LogP contribution in [0.4, 0.5) is 0 Å². The Hall–Kier alpha value is -2.29.